The Labute approximate surface area is 187 Å². The van der Waals surface area contributed by atoms with Gasteiger partial charge in [-0.1, -0.05) is 44.2 Å². The smallest absolute Gasteiger partial charge is 0.266 e. The molecule has 0 saturated carbocycles. The number of nitrogens with zero attached hydrogens (tertiary/aromatic N) is 5. The van der Waals surface area contributed by atoms with Crippen molar-refractivity contribution in [2.45, 2.75) is 19.9 Å². The van der Waals surface area contributed by atoms with Gasteiger partial charge in [0, 0.05) is 26.2 Å². The summed E-state index contributed by atoms with van der Waals surface area (Å²) in [5, 5.41) is 9.51. The van der Waals surface area contributed by atoms with E-state index in [1.165, 1.54) is 6.26 Å². The zero-order chi connectivity index (χ0) is 22.5. The molecule has 32 heavy (non-hydrogen) atoms. The molecule has 3 heterocycles. The Morgan fingerprint density at radius 3 is 2.44 bits per heavy atom. The number of amides is 1. The molecule has 0 bridgehead atoms. The van der Waals surface area contributed by atoms with Crippen LogP contribution in [0.25, 0.3) is 11.7 Å². The van der Waals surface area contributed by atoms with Crippen molar-refractivity contribution in [3.8, 4) is 17.7 Å². The number of piperazine rings is 1. The lowest BCUT2D eigenvalue weighted by atomic mass is 10.0. The molecule has 1 unspecified atom stereocenters. The van der Waals surface area contributed by atoms with E-state index in [4.69, 9.17) is 8.83 Å². The summed E-state index contributed by atoms with van der Waals surface area (Å²) < 4.78 is 11.2. The fraction of sp³-hybridized carbons (Fsp3) is 0.375. The Morgan fingerprint density at radius 1 is 1.12 bits per heavy atom. The van der Waals surface area contributed by atoms with Crippen LogP contribution in [0.4, 0.5) is 5.88 Å². The maximum atomic E-state index is 13.5. The van der Waals surface area contributed by atoms with Crippen molar-refractivity contribution in [1.82, 2.24) is 14.8 Å². The molecule has 1 aliphatic heterocycles. The number of oxazole rings is 1. The first-order valence-electron chi connectivity index (χ1n) is 10.9. The van der Waals surface area contributed by atoms with Crippen LogP contribution in [0.5, 0.6) is 0 Å². The number of benzene rings is 1. The number of rotatable bonds is 7. The second-order valence-electron chi connectivity index (χ2n) is 7.61. The van der Waals surface area contributed by atoms with Gasteiger partial charge in [-0.15, -0.1) is 0 Å². The quantitative estimate of drug-likeness (QED) is 0.563. The molecule has 1 aliphatic rings. The Balaban J connectivity index is 1.49. The van der Waals surface area contributed by atoms with Crippen LogP contribution in [0.2, 0.25) is 0 Å². The number of likely N-dealkylation sites (N-methyl/N-ethyl adjacent to an activating group) is 1. The molecule has 2 aromatic heterocycles. The molecule has 8 nitrogen and oxygen atoms in total. The fourth-order valence-corrected chi connectivity index (χ4v) is 4.14. The van der Waals surface area contributed by atoms with Crippen molar-refractivity contribution in [3.05, 3.63) is 60.0 Å². The summed E-state index contributed by atoms with van der Waals surface area (Å²) in [5.74, 6) is 1.29. The Hall–Kier alpha value is -3.57. The van der Waals surface area contributed by atoms with Crippen molar-refractivity contribution in [3.63, 3.8) is 0 Å². The van der Waals surface area contributed by atoms with E-state index in [0.717, 1.165) is 18.7 Å². The molecule has 4 rings (SSSR count). The lowest BCUT2D eigenvalue weighted by Crippen LogP contribution is -2.52. The minimum Gasteiger partial charge on any atom is -0.459 e. The van der Waals surface area contributed by atoms with Crippen LogP contribution in [0.1, 0.15) is 31.1 Å². The Kier molecular flexibility index (Phi) is 6.57. The van der Waals surface area contributed by atoms with Crippen LogP contribution in [-0.2, 0) is 4.79 Å². The van der Waals surface area contributed by atoms with E-state index in [2.05, 4.69) is 29.8 Å². The van der Waals surface area contributed by atoms with Crippen molar-refractivity contribution >= 4 is 11.8 Å². The third kappa shape index (κ3) is 4.25. The first-order chi connectivity index (χ1) is 15.7. The van der Waals surface area contributed by atoms with E-state index < -0.39 is 0 Å². The molecule has 1 saturated heterocycles. The second kappa shape index (κ2) is 9.71. The summed E-state index contributed by atoms with van der Waals surface area (Å²) in [6, 6.07) is 15.2. The molecule has 3 aromatic rings. The summed E-state index contributed by atoms with van der Waals surface area (Å²) >= 11 is 0. The third-order valence-electron chi connectivity index (χ3n) is 5.85. The monoisotopic (exact) mass is 433 g/mol. The number of anilines is 1. The molecule has 166 valence electrons. The normalized spacial score (nSPS) is 15.1. The molecular formula is C24H27N5O3. The average molecular weight is 434 g/mol. The fourth-order valence-electron chi connectivity index (χ4n) is 4.14. The number of hydrogen-bond acceptors (Lipinski definition) is 7. The SMILES string of the molecule is CCN(CC)C(C(=O)N1CCN(c2oc(-c3ccco3)nc2C#N)CC1)c1ccccc1. The average Bonchev–Trinajstić information content (AvgIpc) is 3.53. The maximum absolute atomic E-state index is 13.5. The van der Waals surface area contributed by atoms with E-state index in [9.17, 15) is 10.1 Å². The number of aromatic nitrogens is 1. The Morgan fingerprint density at radius 2 is 1.84 bits per heavy atom. The van der Waals surface area contributed by atoms with Gasteiger partial charge in [-0.25, -0.2) is 0 Å². The van der Waals surface area contributed by atoms with Crippen molar-refractivity contribution in [2.24, 2.45) is 0 Å². The molecule has 8 heteroatoms. The highest BCUT2D eigenvalue weighted by molar-refractivity contribution is 5.83. The standard InChI is InChI=1S/C24H27N5O3/c1-3-27(4-2)21(18-9-6-5-7-10-18)23(30)28-12-14-29(15-13-28)24-19(17-25)26-22(32-24)20-11-8-16-31-20/h5-11,16,21H,3-4,12-15H2,1-2H3. The van der Waals surface area contributed by atoms with Gasteiger partial charge in [-0.3, -0.25) is 9.69 Å². The summed E-state index contributed by atoms with van der Waals surface area (Å²) in [7, 11) is 0. The number of furan rings is 1. The number of carbonyl (C=O) groups is 1. The minimum atomic E-state index is -0.303. The molecule has 1 atom stereocenters. The number of hydrogen-bond donors (Lipinski definition) is 0. The van der Waals surface area contributed by atoms with Crippen LogP contribution in [0, 0.1) is 11.3 Å². The minimum absolute atomic E-state index is 0.105. The predicted molar refractivity (Wildman–Crippen MR) is 120 cm³/mol. The first-order valence-corrected chi connectivity index (χ1v) is 10.9. The summed E-state index contributed by atoms with van der Waals surface area (Å²) in [6.07, 6.45) is 1.54. The molecule has 1 aromatic carbocycles. The summed E-state index contributed by atoms with van der Waals surface area (Å²) in [5.41, 5.74) is 1.23. The van der Waals surface area contributed by atoms with Crippen molar-refractivity contribution in [2.75, 3.05) is 44.2 Å². The van der Waals surface area contributed by atoms with E-state index >= 15 is 0 Å². The highest BCUT2D eigenvalue weighted by Gasteiger charge is 2.33. The van der Waals surface area contributed by atoms with Crippen molar-refractivity contribution in [1.29, 1.82) is 5.26 Å². The third-order valence-corrected chi connectivity index (χ3v) is 5.85. The van der Waals surface area contributed by atoms with Gasteiger partial charge in [0.25, 0.3) is 5.89 Å². The van der Waals surface area contributed by atoms with Gasteiger partial charge in [-0.2, -0.15) is 10.2 Å². The maximum Gasteiger partial charge on any atom is 0.266 e. The van der Waals surface area contributed by atoms with Gasteiger partial charge < -0.3 is 18.6 Å². The zero-order valence-electron chi connectivity index (χ0n) is 18.4. The van der Waals surface area contributed by atoms with Gasteiger partial charge in [0.2, 0.25) is 17.5 Å². The van der Waals surface area contributed by atoms with E-state index in [0.29, 0.717) is 37.8 Å². The van der Waals surface area contributed by atoms with E-state index in [1.807, 2.05) is 40.1 Å². The molecule has 1 amide bonds. The van der Waals surface area contributed by atoms with Gasteiger partial charge in [0.05, 0.1) is 6.26 Å². The molecule has 0 spiro atoms. The van der Waals surface area contributed by atoms with Crippen LogP contribution in [0.3, 0.4) is 0 Å². The van der Waals surface area contributed by atoms with Crippen molar-refractivity contribution < 1.29 is 13.6 Å². The van der Waals surface area contributed by atoms with E-state index in [-0.39, 0.29) is 23.5 Å². The molecular weight excluding hydrogens is 406 g/mol. The van der Waals surface area contributed by atoms with Gasteiger partial charge in [0.1, 0.15) is 12.1 Å². The lowest BCUT2D eigenvalue weighted by molar-refractivity contribution is -0.137. The van der Waals surface area contributed by atoms with Gasteiger partial charge >= 0.3 is 0 Å². The number of nitriles is 1. The molecule has 0 radical (unpaired) electrons. The van der Waals surface area contributed by atoms with Crippen LogP contribution >= 0.6 is 0 Å². The highest BCUT2D eigenvalue weighted by Crippen LogP contribution is 2.30. The summed E-state index contributed by atoms with van der Waals surface area (Å²) in [6.45, 7) is 7.96. The molecule has 1 fully saturated rings. The van der Waals surface area contributed by atoms with Crippen LogP contribution in [0.15, 0.2) is 57.6 Å². The van der Waals surface area contributed by atoms with E-state index in [1.54, 1.807) is 12.1 Å². The largest absolute Gasteiger partial charge is 0.459 e. The zero-order valence-corrected chi connectivity index (χ0v) is 18.4. The topological polar surface area (TPSA) is 89.8 Å². The predicted octanol–water partition coefficient (Wildman–Crippen LogP) is 3.54. The first kappa shape index (κ1) is 21.7. The highest BCUT2D eigenvalue weighted by atomic mass is 16.4. The second-order valence-corrected chi connectivity index (χ2v) is 7.61. The van der Waals surface area contributed by atoms with Crippen LogP contribution in [-0.4, -0.2) is 60.0 Å². The lowest BCUT2D eigenvalue weighted by Gasteiger charge is -2.38. The van der Waals surface area contributed by atoms with Gasteiger partial charge in [-0.05, 0) is 30.8 Å². The van der Waals surface area contributed by atoms with Crippen LogP contribution < -0.4 is 4.90 Å². The number of carbonyl (C=O) groups excluding carboxylic acids is 1. The molecule has 0 N–H and O–H groups in total. The van der Waals surface area contributed by atoms with Gasteiger partial charge in [0.15, 0.2) is 5.76 Å². The molecule has 0 aliphatic carbocycles. The Bertz CT molecular complexity index is 1060. The summed E-state index contributed by atoms with van der Waals surface area (Å²) in [4.78, 5) is 23.9.